The fourth-order valence-electron chi connectivity index (χ4n) is 1.47. The topological polar surface area (TPSA) is 44.8 Å². The van der Waals surface area contributed by atoms with Crippen molar-refractivity contribution in [1.29, 1.82) is 0 Å². The summed E-state index contributed by atoms with van der Waals surface area (Å²) in [6.07, 6.45) is 0.989. The van der Waals surface area contributed by atoms with Crippen LogP contribution in [0.5, 0.6) is 0 Å². The third kappa shape index (κ3) is 4.99. The Bertz CT molecular complexity index is 191. The van der Waals surface area contributed by atoms with Crippen LogP contribution in [0.1, 0.15) is 6.42 Å². The number of carbonyl (C=O) groups excluding carboxylic acids is 1. The van der Waals surface area contributed by atoms with E-state index in [1.54, 1.807) is 4.90 Å². The number of hydrogen-bond donors (Lipinski definition) is 1. The van der Waals surface area contributed by atoms with Crippen molar-refractivity contribution in [2.75, 3.05) is 53.5 Å². The number of urea groups is 1. The first kappa shape index (κ1) is 12.3. The number of nitrogens with zero attached hydrogens (tertiary/aromatic N) is 2. The largest absolute Gasteiger partial charge is 0.378 e. The average Bonchev–Trinajstić information content (AvgIpc) is 2.25. The maximum Gasteiger partial charge on any atom is 0.317 e. The highest BCUT2D eigenvalue weighted by Crippen LogP contribution is 1.96. The van der Waals surface area contributed by atoms with Gasteiger partial charge in [0.2, 0.25) is 0 Å². The third-order valence-corrected chi connectivity index (χ3v) is 2.36. The van der Waals surface area contributed by atoms with Gasteiger partial charge in [-0.2, -0.15) is 0 Å². The highest BCUT2D eigenvalue weighted by atomic mass is 16.5. The molecule has 88 valence electrons. The van der Waals surface area contributed by atoms with Gasteiger partial charge in [-0.1, -0.05) is 0 Å². The molecule has 5 heteroatoms. The van der Waals surface area contributed by atoms with E-state index in [9.17, 15) is 4.79 Å². The van der Waals surface area contributed by atoms with Gasteiger partial charge in [-0.25, -0.2) is 4.79 Å². The molecule has 0 atom stereocenters. The Hall–Kier alpha value is -0.810. The zero-order valence-electron chi connectivity index (χ0n) is 9.66. The van der Waals surface area contributed by atoms with Crippen molar-refractivity contribution in [1.82, 2.24) is 15.1 Å². The Morgan fingerprint density at radius 2 is 2.07 bits per heavy atom. The number of nitrogens with one attached hydrogen (secondary N) is 1. The van der Waals surface area contributed by atoms with Crippen molar-refractivity contribution in [3.05, 3.63) is 0 Å². The summed E-state index contributed by atoms with van der Waals surface area (Å²) in [5.74, 6) is 0. The Kier molecular flexibility index (Phi) is 5.42. The minimum Gasteiger partial charge on any atom is -0.378 e. The first-order chi connectivity index (χ1) is 7.20. The molecule has 0 spiro atoms. The van der Waals surface area contributed by atoms with Crippen LogP contribution in [0.3, 0.4) is 0 Å². The average molecular weight is 215 g/mol. The quantitative estimate of drug-likeness (QED) is 0.670. The number of amides is 2. The van der Waals surface area contributed by atoms with E-state index >= 15 is 0 Å². The maximum absolute atomic E-state index is 11.6. The first-order valence-electron chi connectivity index (χ1n) is 5.45. The molecule has 1 N–H and O–H groups in total. The maximum atomic E-state index is 11.6. The normalized spacial score (nSPS) is 16.9. The molecule has 0 radical (unpaired) electrons. The van der Waals surface area contributed by atoms with Gasteiger partial charge in [-0.05, 0) is 27.1 Å². The van der Waals surface area contributed by atoms with Crippen LogP contribution in [-0.2, 0) is 4.74 Å². The van der Waals surface area contributed by atoms with E-state index < -0.39 is 0 Å². The second kappa shape index (κ2) is 6.63. The summed E-state index contributed by atoms with van der Waals surface area (Å²) >= 11 is 0. The lowest BCUT2D eigenvalue weighted by atomic mass is 10.4. The van der Waals surface area contributed by atoms with Gasteiger partial charge in [0.05, 0.1) is 13.2 Å². The lowest BCUT2D eigenvalue weighted by molar-refractivity contribution is 0.0532. The van der Waals surface area contributed by atoms with Gasteiger partial charge in [0, 0.05) is 19.6 Å². The van der Waals surface area contributed by atoms with E-state index in [2.05, 4.69) is 10.2 Å². The number of carbonyl (C=O) groups is 1. The van der Waals surface area contributed by atoms with Crippen LogP contribution in [0.4, 0.5) is 4.79 Å². The van der Waals surface area contributed by atoms with Crippen LogP contribution in [0, 0.1) is 0 Å². The number of ether oxygens (including phenoxy) is 1. The van der Waals surface area contributed by atoms with Crippen molar-refractivity contribution in [3.63, 3.8) is 0 Å². The lowest BCUT2D eigenvalue weighted by Gasteiger charge is -2.27. The van der Waals surface area contributed by atoms with Crippen LogP contribution in [0.2, 0.25) is 0 Å². The van der Waals surface area contributed by atoms with Gasteiger partial charge in [0.25, 0.3) is 0 Å². The summed E-state index contributed by atoms with van der Waals surface area (Å²) in [5.41, 5.74) is 0. The van der Waals surface area contributed by atoms with Crippen LogP contribution in [0.25, 0.3) is 0 Å². The molecule has 0 saturated carbocycles. The molecule has 15 heavy (non-hydrogen) atoms. The smallest absolute Gasteiger partial charge is 0.317 e. The van der Waals surface area contributed by atoms with Crippen molar-refractivity contribution in [2.45, 2.75) is 6.42 Å². The fourth-order valence-corrected chi connectivity index (χ4v) is 1.47. The molecule has 0 aromatic heterocycles. The number of morpholine rings is 1. The Labute approximate surface area is 91.4 Å². The number of hydrogen-bond acceptors (Lipinski definition) is 3. The molecule has 1 rings (SSSR count). The molecule has 0 aromatic carbocycles. The molecule has 5 nitrogen and oxygen atoms in total. The van der Waals surface area contributed by atoms with Gasteiger partial charge in [-0.15, -0.1) is 0 Å². The van der Waals surface area contributed by atoms with E-state index in [4.69, 9.17) is 4.74 Å². The van der Waals surface area contributed by atoms with E-state index in [0.717, 1.165) is 19.5 Å². The van der Waals surface area contributed by atoms with E-state index in [-0.39, 0.29) is 6.03 Å². The molecule has 0 unspecified atom stereocenters. The Morgan fingerprint density at radius 1 is 1.40 bits per heavy atom. The Morgan fingerprint density at radius 3 is 2.67 bits per heavy atom. The highest BCUT2D eigenvalue weighted by molar-refractivity contribution is 5.74. The fraction of sp³-hybridized carbons (Fsp3) is 0.900. The van der Waals surface area contributed by atoms with Crippen molar-refractivity contribution >= 4 is 6.03 Å². The summed E-state index contributed by atoms with van der Waals surface area (Å²) < 4.78 is 5.18. The predicted molar refractivity (Wildman–Crippen MR) is 59.0 cm³/mol. The standard InChI is InChI=1S/C10H21N3O2/c1-12(2)5-3-4-11-10(14)13-6-8-15-9-7-13/h3-9H2,1-2H3,(H,11,14). The zero-order chi connectivity index (χ0) is 11.1. The molecule has 1 aliphatic heterocycles. The number of rotatable bonds is 4. The predicted octanol–water partition coefficient (Wildman–Crippen LogP) is -0.0201. The van der Waals surface area contributed by atoms with Crippen LogP contribution in [0.15, 0.2) is 0 Å². The van der Waals surface area contributed by atoms with Gasteiger partial charge >= 0.3 is 6.03 Å². The van der Waals surface area contributed by atoms with Crippen LogP contribution >= 0.6 is 0 Å². The van der Waals surface area contributed by atoms with Crippen LogP contribution < -0.4 is 5.32 Å². The van der Waals surface area contributed by atoms with Gasteiger partial charge in [0.15, 0.2) is 0 Å². The minimum absolute atomic E-state index is 0.0389. The zero-order valence-corrected chi connectivity index (χ0v) is 9.66. The molecular weight excluding hydrogens is 194 g/mol. The third-order valence-electron chi connectivity index (χ3n) is 2.36. The summed E-state index contributed by atoms with van der Waals surface area (Å²) in [7, 11) is 4.06. The van der Waals surface area contributed by atoms with E-state index in [1.807, 2.05) is 14.1 Å². The van der Waals surface area contributed by atoms with Gasteiger partial charge < -0.3 is 19.9 Å². The van der Waals surface area contributed by atoms with Crippen molar-refractivity contribution in [3.8, 4) is 0 Å². The highest BCUT2D eigenvalue weighted by Gasteiger charge is 2.15. The SMILES string of the molecule is CN(C)CCCNC(=O)N1CCOCC1. The summed E-state index contributed by atoms with van der Waals surface area (Å²) in [6, 6.07) is 0.0389. The molecule has 0 aromatic rings. The molecule has 1 saturated heterocycles. The lowest BCUT2D eigenvalue weighted by Crippen LogP contribution is -2.46. The van der Waals surface area contributed by atoms with Gasteiger partial charge in [-0.3, -0.25) is 0 Å². The van der Waals surface area contributed by atoms with Crippen molar-refractivity contribution in [2.24, 2.45) is 0 Å². The summed E-state index contributed by atoms with van der Waals surface area (Å²) in [6.45, 7) is 4.48. The molecular formula is C10H21N3O2. The molecule has 1 fully saturated rings. The molecule has 1 aliphatic rings. The molecule has 2 amide bonds. The van der Waals surface area contributed by atoms with E-state index in [1.165, 1.54) is 0 Å². The molecule has 1 heterocycles. The van der Waals surface area contributed by atoms with Gasteiger partial charge in [0.1, 0.15) is 0 Å². The second-order valence-corrected chi connectivity index (χ2v) is 3.99. The molecule has 0 aliphatic carbocycles. The van der Waals surface area contributed by atoms with Crippen molar-refractivity contribution < 1.29 is 9.53 Å². The summed E-state index contributed by atoms with van der Waals surface area (Å²) in [5, 5.41) is 2.91. The molecule has 0 bridgehead atoms. The summed E-state index contributed by atoms with van der Waals surface area (Å²) in [4.78, 5) is 15.5. The Balaban J connectivity index is 2.07. The monoisotopic (exact) mass is 215 g/mol. The first-order valence-corrected chi connectivity index (χ1v) is 5.45. The van der Waals surface area contributed by atoms with E-state index in [0.29, 0.717) is 26.3 Å². The van der Waals surface area contributed by atoms with Crippen LogP contribution in [-0.4, -0.2) is 69.3 Å². The second-order valence-electron chi connectivity index (χ2n) is 3.99. The minimum atomic E-state index is 0.0389.